The molecule has 1 N–H and O–H groups in total. The van der Waals surface area contributed by atoms with Gasteiger partial charge in [-0.1, -0.05) is 53.7 Å². The van der Waals surface area contributed by atoms with Crippen LogP contribution in [-0.4, -0.2) is 16.0 Å². The summed E-state index contributed by atoms with van der Waals surface area (Å²) in [6, 6.07) is 19.0. The number of amides is 1. The molecule has 0 radical (unpaired) electrons. The molecule has 0 bridgehead atoms. The van der Waals surface area contributed by atoms with Crippen LogP contribution in [0.1, 0.15) is 30.1 Å². The molecule has 6 nitrogen and oxygen atoms in total. The molecule has 128 valence electrons. The Morgan fingerprint density at radius 2 is 1.80 bits per heavy atom. The maximum absolute atomic E-state index is 12.2. The molecule has 0 unspecified atom stereocenters. The van der Waals surface area contributed by atoms with E-state index in [0.29, 0.717) is 11.7 Å². The van der Waals surface area contributed by atoms with Crippen molar-refractivity contribution in [2.24, 2.45) is 0 Å². The predicted molar refractivity (Wildman–Crippen MR) is 91.8 cm³/mol. The van der Waals surface area contributed by atoms with Crippen LogP contribution in [0.15, 0.2) is 65.2 Å². The van der Waals surface area contributed by atoms with Gasteiger partial charge in [0.1, 0.15) is 5.75 Å². The van der Waals surface area contributed by atoms with Gasteiger partial charge in [0, 0.05) is 0 Å². The highest BCUT2D eigenvalue weighted by molar-refractivity contribution is 5.83. The Kier molecular flexibility index (Phi) is 5.41. The summed E-state index contributed by atoms with van der Waals surface area (Å²) in [4.78, 5) is 16.4. The molecule has 0 aliphatic rings. The lowest BCUT2D eigenvalue weighted by atomic mass is 10.0. The van der Waals surface area contributed by atoms with E-state index >= 15 is 0 Å². The Balaban J connectivity index is 1.49. The second kappa shape index (κ2) is 8.10. The Hall–Kier alpha value is -3.15. The molecular formula is C19H19N3O3. The number of para-hydroxylation sites is 1. The van der Waals surface area contributed by atoms with Crippen molar-refractivity contribution in [3.63, 3.8) is 0 Å². The first-order valence-corrected chi connectivity index (χ1v) is 8.04. The van der Waals surface area contributed by atoms with E-state index in [2.05, 4.69) is 15.5 Å². The first kappa shape index (κ1) is 16.7. The van der Waals surface area contributed by atoms with Gasteiger partial charge in [-0.3, -0.25) is 4.79 Å². The first-order valence-electron chi connectivity index (χ1n) is 8.04. The second-order valence-corrected chi connectivity index (χ2v) is 5.56. The quantitative estimate of drug-likeness (QED) is 0.717. The summed E-state index contributed by atoms with van der Waals surface area (Å²) in [6.07, 6.45) is 0. The molecule has 3 aromatic rings. The summed E-state index contributed by atoms with van der Waals surface area (Å²) < 4.78 is 10.7. The minimum Gasteiger partial charge on any atom is -0.484 e. The number of carbonyl (C=O) groups is 1. The van der Waals surface area contributed by atoms with Gasteiger partial charge in [-0.15, -0.1) is 0 Å². The third-order valence-electron chi connectivity index (χ3n) is 3.73. The van der Waals surface area contributed by atoms with Crippen LogP contribution < -0.4 is 10.1 Å². The molecule has 0 saturated heterocycles. The molecule has 0 aliphatic heterocycles. The molecule has 0 spiro atoms. The largest absolute Gasteiger partial charge is 0.484 e. The van der Waals surface area contributed by atoms with Gasteiger partial charge in [0.05, 0.1) is 12.5 Å². The molecule has 2 aromatic carbocycles. The minimum atomic E-state index is -0.242. The van der Waals surface area contributed by atoms with Gasteiger partial charge >= 0.3 is 0 Å². The number of carbonyl (C=O) groups excluding carboxylic acids is 1. The van der Waals surface area contributed by atoms with Crippen molar-refractivity contribution in [3.05, 3.63) is 77.9 Å². The molecule has 25 heavy (non-hydrogen) atoms. The lowest BCUT2D eigenvalue weighted by Gasteiger charge is -2.11. The Morgan fingerprint density at radius 3 is 2.52 bits per heavy atom. The smallest absolute Gasteiger partial charge is 0.264 e. The molecule has 3 rings (SSSR count). The third kappa shape index (κ3) is 4.67. The van der Waals surface area contributed by atoms with Crippen LogP contribution in [0.4, 0.5) is 0 Å². The fourth-order valence-electron chi connectivity index (χ4n) is 2.29. The molecule has 1 amide bonds. The highest BCUT2D eigenvalue weighted by atomic mass is 16.5. The fraction of sp³-hybridized carbons (Fsp3) is 0.211. The summed E-state index contributed by atoms with van der Waals surface area (Å²) >= 11 is 0. The van der Waals surface area contributed by atoms with Crippen LogP contribution >= 0.6 is 0 Å². The van der Waals surface area contributed by atoms with Gasteiger partial charge in [-0.25, -0.2) is 0 Å². The summed E-state index contributed by atoms with van der Waals surface area (Å²) in [5.41, 5.74) is 0.963. The van der Waals surface area contributed by atoms with Crippen LogP contribution in [0.5, 0.6) is 5.75 Å². The van der Waals surface area contributed by atoms with Crippen molar-refractivity contribution < 1.29 is 14.1 Å². The molecule has 6 heteroatoms. The van der Waals surface area contributed by atoms with Gasteiger partial charge in [0.15, 0.2) is 12.4 Å². The van der Waals surface area contributed by atoms with Gasteiger partial charge in [-0.05, 0) is 24.6 Å². The van der Waals surface area contributed by atoms with Crippen LogP contribution in [0, 0.1) is 0 Å². The monoisotopic (exact) mass is 337 g/mol. The van der Waals surface area contributed by atoms with Gasteiger partial charge in [0.25, 0.3) is 5.89 Å². The minimum absolute atomic E-state index is 0.0851. The van der Waals surface area contributed by atoms with Crippen molar-refractivity contribution in [1.82, 2.24) is 15.5 Å². The van der Waals surface area contributed by atoms with Gasteiger partial charge in [0.2, 0.25) is 5.91 Å². The molecule has 1 heterocycles. The van der Waals surface area contributed by atoms with Crippen molar-refractivity contribution in [2.45, 2.75) is 26.0 Å². The van der Waals surface area contributed by atoms with E-state index in [1.165, 1.54) is 0 Å². The lowest BCUT2D eigenvalue weighted by molar-refractivity contribution is -0.122. The van der Waals surface area contributed by atoms with Crippen LogP contribution in [-0.2, 0) is 17.9 Å². The average molecular weight is 337 g/mol. The Bertz CT molecular complexity index is 803. The standard InChI is InChI=1S/C19H19N3O3/c1-14(15-8-4-2-5-9-15)19(23)20-12-17-21-18(25-22-17)13-24-16-10-6-3-7-11-16/h2-11,14H,12-13H2,1H3,(H,20,23)/t14-/m0/s1. The van der Waals surface area contributed by atoms with Crippen molar-refractivity contribution in [2.75, 3.05) is 0 Å². The van der Waals surface area contributed by atoms with Crippen LogP contribution in [0.25, 0.3) is 0 Å². The normalized spacial score (nSPS) is 11.7. The number of nitrogens with zero attached hydrogens (tertiary/aromatic N) is 2. The highest BCUT2D eigenvalue weighted by Gasteiger charge is 2.15. The van der Waals surface area contributed by atoms with Crippen molar-refractivity contribution >= 4 is 5.91 Å². The number of hydrogen-bond donors (Lipinski definition) is 1. The maximum Gasteiger partial charge on any atom is 0.264 e. The summed E-state index contributed by atoms with van der Waals surface area (Å²) in [5.74, 6) is 1.18. The Labute approximate surface area is 145 Å². The van der Waals surface area contributed by atoms with Crippen LogP contribution in [0.3, 0.4) is 0 Å². The first-order chi connectivity index (χ1) is 12.2. The fourth-order valence-corrected chi connectivity index (χ4v) is 2.29. The van der Waals surface area contributed by atoms with E-state index in [1.54, 1.807) is 0 Å². The average Bonchev–Trinajstić information content (AvgIpc) is 3.13. The molecule has 0 saturated carbocycles. The number of ether oxygens (including phenoxy) is 1. The predicted octanol–water partition coefficient (Wildman–Crippen LogP) is 3.07. The van der Waals surface area contributed by atoms with Crippen LogP contribution in [0.2, 0.25) is 0 Å². The lowest BCUT2D eigenvalue weighted by Crippen LogP contribution is -2.27. The summed E-state index contributed by atoms with van der Waals surface area (Å²) in [7, 11) is 0. The summed E-state index contributed by atoms with van der Waals surface area (Å²) in [6.45, 7) is 2.26. The van der Waals surface area contributed by atoms with Gasteiger partial charge < -0.3 is 14.6 Å². The number of nitrogens with one attached hydrogen (secondary N) is 1. The maximum atomic E-state index is 12.2. The number of hydrogen-bond acceptors (Lipinski definition) is 5. The second-order valence-electron chi connectivity index (χ2n) is 5.56. The van der Waals surface area contributed by atoms with Crippen molar-refractivity contribution in [1.29, 1.82) is 0 Å². The van der Waals surface area contributed by atoms with Gasteiger partial charge in [-0.2, -0.15) is 4.98 Å². The van der Waals surface area contributed by atoms with E-state index in [4.69, 9.17) is 9.26 Å². The number of rotatable bonds is 7. The zero-order valence-electron chi connectivity index (χ0n) is 13.9. The SMILES string of the molecule is C[C@H](C(=O)NCc1noc(COc2ccccc2)n1)c1ccccc1. The molecular weight excluding hydrogens is 318 g/mol. The van der Waals surface area contributed by atoms with Crippen molar-refractivity contribution in [3.8, 4) is 5.75 Å². The summed E-state index contributed by atoms with van der Waals surface area (Å²) in [5, 5.41) is 6.67. The third-order valence-corrected chi connectivity index (χ3v) is 3.73. The zero-order valence-corrected chi connectivity index (χ0v) is 13.9. The van der Waals surface area contributed by atoms with E-state index in [9.17, 15) is 4.79 Å². The molecule has 0 fully saturated rings. The van der Waals surface area contributed by atoms with E-state index in [-0.39, 0.29) is 25.0 Å². The number of benzene rings is 2. The Morgan fingerprint density at radius 1 is 1.12 bits per heavy atom. The highest BCUT2D eigenvalue weighted by Crippen LogP contribution is 2.14. The number of aromatic nitrogens is 2. The molecule has 1 atom stereocenters. The molecule has 0 aliphatic carbocycles. The van der Waals surface area contributed by atoms with E-state index in [1.807, 2.05) is 67.6 Å². The zero-order chi connectivity index (χ0) is 17.5. The van der Waals surface area contributed by atoms with E-state index in [0.717, 1.165) is 11.3 Å². The molecule has 1 aromatic heterocycles. The topological polar surface area (TPSA) is 77.2 Å². The van der Waals surface area contributed by atoms with E-state index < -0.39 is 0 Å².